The number of hydrogen-bond acceptors (Lipinski definition) is 4. The summed E-state index contributed by atoms with van der Waals surface area (Å²) >= 11 is 0. The summed E-state index contributed by atoms with van der Waals surface area (Å²) in [6.45, 7) is 12.6. The Morgan fingerprint density at radius 2 is 2.00 bits per heavy atom. The number of nitrogens with one attached hydrogen (secondary N) is 2. The number of fused-ring (bicyclic) bond motifs is 2. The van der Waals surface area contributed by atoms with Gasteiger partial charge in [-0.2, -0.15) is 0 Å². The molecule has 4 aromatic rings. The molecule has 2 aromatic carbocycles. The maximum atomic E-state index is 15.9. The van der Waals surface area contributed by atoms with Crippen molar-refractivity contribution in [1.82, 2.24) is 24.4 Å². The summed E-state index contributed by atoms with van der Waals surface area (Å²) < 4.78 is 18.1. The number of aromatic nitrogens is 4. The maximum Gasteiger partial charge on any atom is 0.204 e. The van der Waals surface area contributed by atoms with Crippen molar-refractivity contribution in [1.29, 1.82) is 0 Å². The molecule has 2 fully saturated rings. The first kappa shape index (κ1) is 26.5. The monoisotopic (exact) mass is 574 g/mol. The van der Waals surface area contributed by atoms with E-state index in [9.17, 15) is 0 Å². The average molecular weight is 575 g/mol. The van der Waals surface area contributed by atoms with E-state index in [1.54, 1.807) is 18.5 Å². The zero-order valence-corrected chi connectivity index (χ0v) is 24.9. The normalized spacial score (nSPS) is 21.6. The van der Waals surface area contributed by atoms with E-state index in [0.717, 1.165) is 53.2 Å². The molecule has 2 N–H and O–H groups in total. The quantitative estimate of drug-likeness (QED) is 0.201. The van der Waals surface area contributed by atoms with Gasteiger partial charge < -0.3 is 19.8 Å². The highest BCUT2D eigenvalue weighted by atomic mass is 19.1. The van der Waals surface area contributed by atoms with Crippen molar-refractivity contribution in [2.75, 3.05) is 5.32 Å². The van der Waals surface area contributed by atoms with Crippen LogP contribution in [-0.4, -0.2) is 24.4 Å². The second-order valence-electron chi connectivity index (χ2n) is 13.1. The fourth-order valence-electron chi connectivity index (χ4n) is 8.18. The van der Waals surface area contributed by atoms with E-state index < -0.39 is 0 Å². The van der Waals surface area contributed by atoms with Gasteiger partial charge in [0.2, 0.25) is 5.95 Å². The van der Waals surface area contributed by atoms with Crippen LogP contribution in [0.25, 0.3) is 16.8 Å². The van der Waals surface area contributed by atoms with Crippen LogP contribution >= 0.6 is 0 Å². The van der Waals surface area contributed by atoms with Gasteiger partial charge in [-0.25, -0.2) is 14.4 Å². The highest BCUT2D eigenvalue weighted by Gasteiger charge is 2.73. The van der Waals surface area contributed by atoms with Gasteiger partial charge in [0.25, 0.3) is 0 Å². The van der Waals surface area contributed by atoms with Crippen molar-refractivity contribution in [2.45, 2.75) is 82.8 Å². The topological polar surface area (TPSA) is 61.8 Å². The summed E-state index contributed by atoms with van der Waals surface area (Å²) in [6, 6.07) is 12.5. The summed E-state index contributed by atoms with van der Waals surface area (Å²) in [6.07, 6.45) is 15.3. The highest BCUT2D eigenvalue weighted by Crippen LogP contribution is 2.80. The molecule has 2 atom stereocenters. The number of H-pyrrole nitrogens is 1. The van der Waals surface area contributed by atoms with Crippen LogP contribution in [0.15, 0.2) is 74.0 Å². The number of hydrogen-bond donors (Lipinski definition) is 2. The number of nitrogens with zero attached hydrogens (tertiary/aromatic N) is 4. The van der Waals surface area contributed by atoms with E-state index in [2.05, 4.69) is 75.2 Å². The minimum Gasteiger partial charge on any atom is -0.353 e. The van der Waals surface area contributed by atoms with Crippen molar-refractivity contribution in [2.24, 2.45) is 5.41 Å². The molecule has 2 aromatic heterocycles. The fraction of sp³-hybridized carbons (Fsp3) is 0.389. The van der Waals surface area contributed by atoms with E-state index in [-0.39, 0.29) is 11.9 Å². The molecule has 220 valence electrons. The molecule has 2 saturated carbocycles. The zero-order valence-electron chi connectivity index (χ0n) is 24.9. The molecular formula is C36H39FN6. The Bertz CT molecular complexity index is 1730. The molecule has 2 aliphatic heterocycles. The molecule has 0 amide bonds. The first-order valence-corrected chi connectivity index (χ1v) is 15.8. The smallest absolute Gasteiger partial charge is 0.204 e. The maximum absolute atomic E-state index is 15.9. The number of imidazole rings is 2. The number of aromatic amines is 1. The van der Waals surface area contributed by atoms with Gasteiger partial charge in [-0.05, 0) is 72.8 Å². The third kappa shape index (κ3) is 4.11. The number of aryl methyl sites for hydroxylation is 1. The van der Waals surface area contributed by atoms with E-state index in [1.165, 1.54) is 49.8 Å². The summed E-state index contributed by atoms with van der Waals surface area (Å²) in [4.78, 5) is 14.4. The van der Waals surface area contributed by atoms with Gasteiger partial charge in [0.05, 0.1) is 12.0 Å². The SMILES string of the molecule is C=C(Nc1ncc[nH]1)C(c1ncn2c1CCC2)N1Cc2c(F)cc(-c3ccc(C4(CCCC)CC45CC5)cc3)cc2C1=C. The van der Waals surface area contributed by atoms with Crippen LogP contribution in [0.4, 0.5) is 10.3 Å². The van der Waals surface area contributed by atoms with Gasteiger partial charge in [0.15, 0.2) is 0 Å². The Kier molecular flexibility index (Phi) is 5.97. The van der Waals surface area contributed by atoms with E-state index in [4.69, 9.17) is 4.98 Å². The van der Waals surface area contributed by atoms with Gasteiger partial charge in [-0.1, -0.05) is 57.2 Å². The Labute approximate surface area is 252 Å². The fourth-order valence-corrected chi connectivity index (χ4v) is 8.18. The molecule has 0 radical (unpaired) electrons. The lowest BCUT2D eigenvalue weighted by atomic mass is 9.86. The van der Waals surface area contributed by atoms with Crippen molar-refractivity contribution in [3.63, 3.8) is 0 Å². The van der Waals surface area contributed by atoms with Crippen LogP contribution in [0.2, 0.25) is 0 Å². The van der Waals surface area contributed by atoms with E-state index in [1.807, 2.05) is 6.33 Å². The lowest BCUT2D eigenvalue weighted by molar-refractivity contribution is 0.332. The molecule has 2 aliphatic carbocycles. The molecule has 4 heterocycles. The number of benzene rings is 2. The van der Waals surface area contributed by atoms with Gasteiger partial charge >= 0.3 is 0 Å². The second-order valence-corrected chi connectivity index (χ2v) is 13.1. The predicted molar refractivity (Wildman–Crippen MR) is 169 cm³/mol. The number of rotatable bonds is 10. The van der Waals surface area contributed by atoms with Gasteiger partial charge in [0.1, 0.15) is 11.9 Å². The number of anilines is 1. The van der Waals surface area contributed by atoms with Crippen molar-refractivity contribution in [3.8, 4) is 11.1 Å². The third-order valence-electron chi connectivity index (χ3n) is 10.8. The van der Waals surface area contributed by atoms with Crippen LogP contribution in [0.1, 0.15) is 86.0 Å². The van der Waals surface area contributed by atoms with E-state index in [0.29, 0.717) is 28.9 Å². The van der Waals surface area contributed by atoms with Crippen LogP contribution in [-0.2, 0) is 24.9 Å². The summed E-state index contributed by atoms with van der Waals surface area (Å²) in [5.41, 5.74) is 9.52. The molecular weight excluding hydrogens is 535 g/mol. The summed E-state index contributed by atoms with van der Waals surface area (Å²) in [5, 5.41) is 3.34. The van der Waals surface area contributed by atoms with Gasteiger partial charge in [-0.3, -0.25) is 0 Å². The Morgan fingerprint density at radius 3 is 2.72 bits per heavy atom. The van der Waals surface area contributed by atoms with E-state index >= 15 is 4.39 Å². The minimum atomic E-state index is -0.325. The van der Waals surface area contributed by atoms with Gasteiger partial charge in [-0.15, -0.1) is 0 Å². The minimum absolute atomic E-state index is 0.197. The predicted octanol–water partition coefficient (Wildman–Crippen LogP) is 8.12. The third-order valence-corrected chi connectivity index (χ3v) is 10.8. The highest BCUT2D eigenvalue weighted by molar-refractivity contribution is 5.76. The summed E-state index contributed by atoms with van der Waals surface area (Å²) in [5.74, 6) is 0.414. The van der Waals surface area contributed by atoms with Gasteiger partial charge in [0, 0.05) is 59.1 Å². The Morgan fingerprint density at radius 1 is 1.16 bits per heavy atom. The lowest BCUT2D eigenvalue weighted by Crippen LogP contribution is -2.28. The standard InChI is InChI=1S/C36H39FN6/c1-4-5-12-36(21-35(36)13-14-35)27-10-8-25(9-11-27)26-18-28-24(3)43(20-29(28)30(37)19-26)33(23(2)41-34-38-15-16-39-34)32-31-7-6-17-42(31)22-40-32/h8-11,15-16,18-19,22,33H,2-7,12-14,17,20-21H2,1H3,(H2,38,39,41). The average Bonchev–Trinajstić information content (AvgIpc) is 3.47. The van der Waals surface area contributed by atoms with Crippen molar-refractivity contribution >= 4 is 11.6 Å². The molecule has 4 aliphatic rings. The van der Waals surface area contributed by atoms with Crippen LogP contribution in [0, 0.1) is 11.2 Å². The van der Waals surface area contributed by atoms with Crippen LogP contribution in [0.5, 0.6) is 0 Å². The Hall–Kier alpha value is -4.13. The number of halogens is 1. The van der Waals surface area contributed by atoms with Crippen molar-refractivity contribution in [3.05, 3.63) is 108 Å². The molecule has 0 saturated heterocycles. The first-order valence-electron chi connectivity index (χ1n) is 15.8. The lowest BCUT2D eigenvalue weighted by Gasteiger charge is -2.31. The first-order chi connectivity index (χ1) is 20.9. The zero-order chi connectivity index (χ0) is 29.3. The molecule has 0 bridgehead atoms. The number of unbranched alkanes of at least 4 members (excludes halogenated alkanes) is 1. The van der Waals surface area contributed by atoms with Crippen LogP contribution < -0.4 is 5.32 Å². The molecule has 1 spiro atoms. The molecule has 8 rings (SSSR count). The Balaban J connectivity index is 1.10. The molecule has 43 heavy (non-hydrogen) atoms. The van der Waals surface area contributed by atoms with Crippen LogP contribution in [0.3, 0.4) is 0 Å². The molecule has 6 nitrogen and oxygen atoms in total. The second kappa shape index (κ2) is 9.69. The van der Waals surface area contributed by atoms with Crippen molar-refractivity contribution < 1.29 is 4.39 Å². The summed E-state index contributed by atoms with van der Waals surface area (Å²) in [7, 11) is 0. The molecule has 7 heteroatoms. The largest absolute Gasteiger partial charge is 0.353 e. The molecule has 2 unspecified atom stereocenters.